The molecule has 4 N–H and O–H groups in total. The Balaban J connectivity index is 1.39. The lowest BCUT2D eigenvalue weighted by Crippen LogP contribution is -2.52. The van der Waals surface area contributed by atoms with E-state index in [4.69, 9.17) is 27.9 Å². The quantitative estimate of drug-likeness (QED) is 0.226. The number of rotatable bonds is 7. The first-order valence-electron chi connectivity index (χ1n) is 11.8. The number of ether oxygens (including phenoxy) is 1. The van der Waals surface area contributed by atoms with E-state index in [1.54, 1.807) is 5.51 Å². The maximum absolute atomic E-state index is 9.85. The molecular formula is C26H22Cl2N8OS. The van der Waals surface area contributed by atoms with Crippen molar-refractivity contribution in [2.75, 3.05) is 23.8 Å². The number of benzene rings is 2. The number of aryl methyl sites for hydroxylation is 1. The Kier molecular flexibility index (Phi) is 6.69. The number of anilines is 3. The number of nitrogens with zero attached hydrogens (tertiary/aromatic N) is 4. The fraction of sp³-hybridized carbons (Fsp3) is 0.192. The summed E-state index contributed by atoms with van der Waals surface area (Å²) in [6, 6.07) is 11.7. The van der Waals surface area contributed by atoms with Crippen LogP contribution in [0.1, 0.15) is 22.9 Å². The minimum absolute atomic E-state index is 0.269. The van der Waals surface area contributed by atoms with E-state index in [-0.39, 0.29) is 12.1 Å². The van der Waals surface area contributed by atoms with Crippen molar-refractivity contribution in [3.8, 4) is 6.07 Å². The van der Waals surface area contributed by atoms with Crippen LogP contribution in [0, 0.1) is 18.3 Å². The van der Waals surface area contributed by atoms with E-state index < -0.39 is 0 Å². The Labute approximate surface area is 233 Å². The zero-order valence-corrected chi connectivity index (χ0v) is 22.5. The third kappa shape index (κ3) is 4.71. The van der Waals surface area contributed by atoms with Gasteiger partial charge in [-0.15, -0.1) is 16.9 Å². The molecule has 9 nitrogen and oxygen atoms in total. The molecular weight excluding hydrogens is 543 g/mol. The Bertz CT molecular complexity index is 1580. The molecule has 0 bridgehead atoms. The molecule has 1 fully saturated rings. The zero-order valence-electron chi connectivity index (χ0n) is 20.1. The summed E-state index contributed by atoms with van der Waals surface area (Å²) in [6.45, 7) is 3.28. The first-order chi connectivity index (χ1) is 18.5. The zero-order chi connectivity index (χ0) is 26.2. The molecule has 2 aliphatic rings. The number of hydrazine groups is 2. The van der Waals surface area contributed by atoms with E-state index in [1.165, 1.54) is 17.5 Å². The van der Waals surface area contributed by atoms with Gasteiger partial charge in [0.05, 0.1) is 57.9 Å². The number of nitriles is 1. The topological polar surface area (TPSA) is 110 Å². The first-order valence-corrected chi connectivity index (χ1v) is 13.5. The molecule has 4 aromatic rings. The highest BCUT2D eigenvalue weighted by Crippen LogP contribution is 2.37. The van der Waals surface area contributed by atoms with Crippen LogP contribution < -0.4 is 21.6 Å². The van der Waals surface area contributed by atoms with Crippen LogP contribution in [-0.4, -0.2) is 34.2 Å². The third-order valence-corrected chi connectivity index (χ3v) is 7.78. The minimum atomic E-state index is -0.285. The largest absolute Gasteiger partial charge is 0.377 e. The van der Waals surface area contributed by atoms with Gasteiger partial charge in [-0.25, -0.2) is 4.98 Å². The van der Waals surface area contributed by atoms with Gasteiger partial charge in [0, 0.05) is 39.6 Å². The smallest absolute Gasteiger partial charge is 0.113 e. The standard InChI is InChI=1S/C26H22Cl2N8OS/c1-14-2-3-16(5-20(14)27)32-24-15(7-29)8-30-25-19(24)4-17(6-21(25)28)33-26(23-12-38-13-31-23)22-9-36(35-34-22)18-10-37-11-18/h2-6,8-9,12-13,18,26,33-35H,10-11H2,1H3,(H,30,32)/t26-/m1/s1. The molecule has 4 heterocycles. The summed E-state index contributed by atoms with van der Waals surface area (Å²) >= 11 is 14.6. The predicted octanol–water partition coefficient (Wildman–Crippen LogP) is 5.64. The number of thiazole rings is 1. The van der Waals surface area contributed by atoms with Crippen molar-refractivity contribution in [3.05, 3.63) is 86.2 Å². The summed E-state index contributed by atoms with van der Waals surface area (Å²) in [6.07, 6.45) is 3.55. The Morgan fingerprint density at radius 1 is 1.18 bits per heavy atom. The van der Waals surface area contributed by atoms with E-state index >= 15 is 0 Å². The second-order valence-electron chi connectivity index (χ2n) is 9.01. The van der Waals surface area contributed by atoms with Gasteiger partial charge in [0.2, 0.25) is 0 Å². The lowest BCUT2D eigenvalue weighted by atomic mass is 10.1. The Morgan fingerprint density at radius 2 is 2.03 bits per heavy atom. The highest BCUT2D eigenvalue weighted by atomic mass is 35.5. The second-order valence-corrected chi connectivity index (χ2v) is 10.5. The molecule has 0 unspecified atom stereocenters. The molecule has 1 saturated heterocycles. The summed E-state index contributed by atoms with van der Waals surface area (Å²) in [5.41, 5.74) is 14.0. The van der Waals surface area contributed by atoms with E-state index in [9.17, 15) is 5.26 Å². The van der Waals surface area contributed by atoms with Crippen LogP contribution in [-0.2, 0) is 4.74 Å². The van der Waals surface area contributed by atoms with Crippen LogP contribution in [0.4, 0.5) is 17.1 Å². The number of nitrogens with one attached hydrogen (secondary N) is 4. The molecule has 2 aromatic heterocycles. The molecule has 12 heteroatoms. The lowest BCUT2D eigenvalue weighted by molar-refractivity contribution is -0.0635. The Hall–Kier alpha value is -3.59. The molecule has 6 rings (SSSR count). The van der Waals surface area contributed by atoms with Gasteiger partial charge in [-0.2, -0.15) is 5.26 Å². The molecule has 1 atom stereocenters. The first kappa shape index (κ1) is 24.7. The number of fused-ring (bicyclic) bond motifs is 1. The Morgan fingerprint density at radius 3 is 2.74 bits per heavy atom. The van der Waals surface area contributed by atoms with Crippen molar-refractivity contribution in [3.63, 3.8) is 0 Å². The molecule has 2 aliphatic heterocycles. The maximum atomic E-state index is 9.85. The van der Waals surface area contributed by atoms with Crippen molar-refractivity contribution in [2.24, 2.45) is 0 Å². The van der Waals surface area contributed by atoms with Gasteiger partial charge in [0.15, 0.2) is 0 Å². The van der Waals surface area contributed by atoms with E-state index in [0.717, 1.165) is 28.3 Å². The number of hydrogen-bond acceptors (Lipinski definition) is 10. The van der Waals surface area contributed by atoms with E-state index in [1.807, 2.05) is 53.8 Å². The fourth-order valence-electron chi connectivity index (χ4n) is 4.29. The van der Waals surface area contributed by atoms with Gasteiger partial charge in [0.1, 0.15) is 12.1 Å². The van der Waals surface area contributed by atoms with Crippen LogP contribution in [0.2, 0.25) is 10.0 Å². The number of hydrogen-bond donors (Lipinski definition) is 4. The normalized spacial score (nSPS) is 15.9. The second kappa shape index (κ2) is 10.3. The average Bonchev–Trinajstić information content (AvgIpc) is 3.57. The predicted molar refractivity (Wildman–Crippen MR) is 150 cm³/mol. The summed E-state index contributed by atoms with van der Waals surface area (Å²) in [7, 11) is 0. The lowest BCUT2D eigenvalue weighted by Gasteiger charge is -2.33. The van der Waals surface area contributed by atoms with E-state index in [0.29, 0.717) is 45.4 Å². The van der Waals surface area contributed by atoms with Gasteiger partial charge in [-0.05, 0) is 36.8 Å². The summed E-state index contributed by atoms with van der Waals surface area (Å²) in [5, 5.41) is 22.6. The van der Waals surface area contributed by atoms with Gasteiger partial charge in [0.25, 0.3) is 0 Å². The van der Waals surface area contributed by atoms with Crippen molar-refractivity contribution in [2.45, 2.75) is 19.0 Å². The number of pyridine rings is 1. The molecule has 0 amide bonds. The van der Waals surface area contributed by atoms with Gasteiger partial charge < -0.3 is 20.8 Å². The fourth-order valence-corrected chi connectivity index (χ4v) is 5.32. The van der Waals surface area contributed by atoms with Crippen LogP contribution in [0.15, 0.2) is 59.3 Å². The van der Waals surface area contributed by atoms with Gasteiger partial charge >= 0.3 is 0 Å². The van der Waals surface area contributed by atoms with Crippen molar-refractivity contribution in [1.82, 2.24) is 25.9 Å². The summed E-state index contributed by atoms with van der Waals surface area (Å²) in [4.78, 5) is 9.02. The summed E-state index contributed by atoms with van der Waals surface area (Å²) < 4.78 is 5.33. The van der Waals surface area contributed by atoms with Gasteiger partial charge in [-0.1, -0.05) is 29.3 Å². The molecule has 192 valence electrons. The number of halogens is 2. The molecule has 0 saturated carbocycles. The van der Waals surface area contributed by atoms with Crippen molar-refractivity contribution >= 4 is 62.5 Å². The van der Waals surface area contributed by atoms with Crippen LogP contribution in [0.5, 0.6) is 0 Å². The van der Waals surface area contributed by atoms with Crippen LogP contribution >= 0.6 is 34.5 Å². The SMILES string of the molecule is Cc1ccc(Nc2c(C#N)cnc3c(Cl)cc(N[C@H](C4=CN(C5COC5)NN4)c4cscn4)cc23)cc1Cl. The highest BCUT2D eigenvalue weighted by molar-refractivity contribution is 7.07. The number of aromatic nitrogens is 2. The van der Waals surface area contributed by atoms with Crippen molar-refractivity contribution < 1.29 is 4.74 Å². The molecule has 2 aromatic carbocycles. The van der Waals surface area contributed by atoms with Crippen molar-refractivity contribution in [1.29, 1.82) is 5.26 Å². The molecule has 0 radical (unpaired) electrons. The minimum Gasteiger partial charge on any atom is -0.377 e. The van der Waals surface area contributed by atoms with Gasteiger partial charge in [-0.3, -0.25) is 9.99 Å². The highest BCUT2D eigenvalue weighted by Gasteiger charge is 2.31. The molecule has 38 heavy (non-hydrogen) atoms. The third-order valence-electron chi connectivity index (χ3n) is 6.48. The molecule has 0 aliphatic carbocycles. The average molecular weight is 565 g/mol. The van der Waals surface area contributed by atoms with Crippen LogP contribution in [0.25, 0.3) is 10.9 Å². The van der Waals surface area contributed by atoms with Crippen LogP contribution in [0.3, 0.4) is 0 Å². The summed E-state index contributed by atoms with van der Waals surface area (Å²) in [5.74, 6) is 0. The monoisotopic (exact) mass is 564 g/mol. The molecule has 0 spiro atoms. The maximum Gasteiger partial charge on any atom is 0.113 e. The van der Waals surface area contributed by atoms with E-state index in [2.05, 4.69) is 37.6 Å².